The summed E-state index contributed by atoms with van der Waals surface area (Å²) in [5.41, 5.74) is 9.36. The largest absolute Gasteiger partial charge is 0.330 e. The summed E-state index contributed by atoms with van der Waals surface area (Å²) >= 11 is 0. The van der Waals surface area contributed by atoms with Crippen LogP contribution in [0.1, 0.15) is 49.1 Å². The summed E-state index contributed by atoms with van der Waals surface area (Å²) in [7, 11) is 0. The molecule has 0 saturated heterocycles. The zero-order valence-corrected chi connectivity index (χ0v) is 12.7. The highest BCUT2D eigenvalue weighted by atomic mass is 14.6. The zero-order valence-electron chi connectivity index (χ0n) is 12.7. The van der Waals surface area contributed by atoms with E-state index in [1.54, 1.807) is 0 Å². The lowest BCUT2D eigenvalue weighted by atomic mass is 9.61. The molecule has 1 nitrogen and oxygen atoms in total. The normalized spacial score (nSPS) is 17.8. The molecule has 0 bridgehead atoms. The van der Waals surface area contributed by atoms with Gasteiger partial charge in [0.05, 0.1) is 0 Å². The predicted molar refractivity (Wildman–Crippen MR) is 89.3 cm³/mol. The van der Waals surface area contributed by atoms with Crippen LogP contribution in [0, 0.1) is 5.41 Å². The maximum Gasteiger partial charge on any atom is 0.0158 e. The quantitative estimate of drug-likeness (QED) is 0.860. The molecule has 0 aromatic heterocycles. The van der Waals surface area contributed by atoms with E-state index in [-0.39, 0.29) is 5.41 Å². The van der Waals surface area contributed by atoms with E-state index >= 15 is 0 Å². The van der Waals surface area contributed by atoms with Crippen molar-refractivity contribution in [1.82, 2.24) is 0 Å². The molecule has 0 radical (unpaired) electrons. The lowest BCUT2D eigenvalue weighted by Gasteiger charge is -2.43. The average Bonchev–Trinajstić information content (AvgIpc) is 2.58. The average molecular weight is 279 g/mol. The van der Waals surface area contributed by atoms with E-state index in [9.17, 15) is 0 Å². The number of hydrogen-bond donors (Lipinski definition) is 1. The first-order valence-electron chi connectivity index (χ1n) is 8.16. The summed E-state index contributed by atoms with van der Waals surface area (Å²) in [4.78, 5) is 0. The summed E-state index contributed by atoms with van der Waals surface area (Å²) in [6.07, 6.45) is 6.48. The van der Waals surface area contributed by atoms with Crippen molar-refractivity contribution >= 4 is 0 Å². The van der Waals surface area contributed by atoms with Crippen LogP contribution in [0.25, 0.3) is 0 Å². The van der Waals surface area contributed by atoms with Gasteiger partial charge in [0.15, 0.2) is 0 Å². The molecule has 3 rings (SSSR count). The topological polar surface area (TPSA) is 26.0 Å². The minimum atomic E-state index is 0.223. The summed E-state index contributed by atoms with van der Waals surface area (Å²) < 4.78 is 0. The van der Waals surface area contributed by atoms with Crippen LogP contribution < -0.4 is 5.73 Å². The Morgan fingerprint density at radius 1 is 0.762 bits per heavy atom. The van der Waals surface area contributed by atoms with Gasteiger partial charge < -0.3 is 5.73 Å². The van der Waals surface area contributed by atoms with Crippen LogP contribution >= 0.6 is 0 Å². The van der Waals surface area contributed by atoms with E-state index in [1.165, 1.54) is 43.2 Å². The summed E-state index contributed by atoms with van der Waals surface area (Å²) in [6.45, 7) is 0.779. The van der Waals surface area contributed by atoms with Crippen LogP contribution in [0.5, 0.6) is 0 Å². The van der Waals surface area contributed by atoms with Crippen molar-refractivity contribution < 1.29 is 0 Å². The highest BCUT2D eigenvalue weighted by Gasteiger charge is 2.40. The first-order chi connectivity index (χ1) is 10.4. The first-order valence-corrected chi connectivity index (χ1v) is 8.16. The monoisotopic (exact) mass is 279 g/mol. The van der Waals surface area contributed by atoms with E-state index in [1.807, 2.05) is 0 Å². The van der Waals surface area contributed by atoms with E-state index in [2.05, 4.69) is 60.7 Å². The van der Waals surface area contributed by atoms with Gasteiger partial charge in [0.25, 0.3) is 0 Å². The lowest BCUT2D eigenvalue weighted by molar-refractivity contribution is 0.171. The van der Waals surface area contributed by atoms with Crippen molar-refractivity contribution in [2.24, 2.45) is 11.1 Å². The maximum absolute atomic E-state index is 6.31. The van der Waals surface area contributed by atoms with E-state index in [4.69, 9.17) is 5.73 Å². The van der Waals surface area contributed by atoms with Crippen LogP contribution in [-0.2, 0) is 0 Å². The zero-order chi connectivity index (χ0) is 14.5. The molecule has 0 spiro atoms. The van der Waals surface area contributed by atoms with E-state index in [0.29, 0.717) is 5.92 Å². The Morgan fingerprint density at radius 2 is 1.24 bits per heavy atom. The second-order valence-corrected chi connectivity index (χ2v) is 6.38. The molecule has 110 valence electrons. The SMILES string of the molecule is NCC1(C(c2ccccc2)c2ccccc2)CCCCC1. The molecule has 1 saturated carbocycles. The molecule has 1 fully saturated rings. The van der Waals surface area contributed by atoms with Crippen LogP contribution in [0.2, 0.25) is 0 Å². The smallest absolute Gasteiger partial charge is 0.0158 e. The van der Waals surface area contributed by atoms with Crippen molar-refractivity contribution in [2.75, 3.05) is 6.54 Å². The minimum Gasteiger partial charge on any atom is -0.330 e. The number of nitrogens with two attached hydrogens (primary N) is 1. The van der Waals surface area contributed by atoms with E-state index in [0.717, 1.165) is 6.54 Å². The van der Waals surface area contributed by atoms with Crippen LogP contribution in [0.15, 0.2) is 60.7 Å². The van der Waals surface area contributed by atoms with Gasteiger partial charge in [-0.3, -0.25) is 0 Å². The van der Waals surface area contributed by atoms with Gasteiger partial charge in [-0.15, -0.1) is 0 Å². The Hall–Kier alpha value is -1.60. The maximum atomic E-state index is 6.31. The minimum absolute atomic E-state index is 0.223. The van der Waals surface area contributed by atoms with Gasteiger partial charge in [0, 0.05) is 5.92 Å². The van der Waals surface area contributed by atoms with Crippen LogP contribution in [0.4, 0.5) is 0 Å². The Morgan fingerprint density at radius 3 is 1.67 bits per heavy atom. The van der Waals surface area contributed by atoms with Gasteiger partial charge in [0.1, 0.15) is 0 Å². The molecular formula is C20H25N. The molecule has 1 aliphatic carbocycles. The van der Waals surface area contributed by atoms with E-state index < -0.39 is 0 Å². The van der Waals surface area contributed by atoms with Crippen LogP contribution in [0.3, 0.4) is 0 Å². The molecule has 2 aromatic rings. The van der Waals surface area contributed by atoms with Crippen molar-refractivity contribution in [1.29, 1.82) is 0 Å². The fourth-order valence-corrected chi connectivity index (χ4v) is 4.06. The molecule has 1 aliphatic rings. The van der Waals surface area contributed by atoms with Crippen LogP contribution in [-0.4, -0.2) is 6.54 Å². The fraction of sp³-hybridized carbons (Fsp3) is 0.400. The number of hydrogen-bond acceptors (Lipinski definition) is 1. The molecule has 0 amide bonds. The standard InChI is InChI=1S/C20H25N/c21-16-20(14-8-3-9-15-20)19(17-10-4-1-5-11-17)18-12-6-2-7-13-18/h1-2,4-7,10-13,19H,3,8-9,14-16,21H2. The Kier molecular flexibility index (Phi) is 4.40. The Balaban J connectivity index is 2.07. The number of rotatable bonds is 4. The van der Waals surface area contributed by atoms with Gasteiger partial charge in [0.2, 0.25) is 0 Å². The highest BCUT2D eigenvalue weighted by molar-refractivity contribution is 5.35. The van der Waals surface area contributed by atoms with Crippen molar-refractivity contribution in [3.63, 3.8) is 0 Å². The molecule has 1 heteroatoms. The third kappa shape index (κ3) is 2.89. The molecule has 2 aromatic carbocycles. The third-order valence-corrected chi connectivity index (χ3v) is 5.13. The Bertz CT molecular complexity index is 501. The number of benzene rings is 2. The summed E-state index contributed by atoms with van der Waals surface area (Å²) in [6, 6.07) is 21.9. The van der Waals surface area contributed by atoms with Gasteiger partial charge in [-0.05, 0) is 35.9 Å². The molecule has 0 atom stereocenters. The fourth-order valence-electron chi connectivity index (χ4n) is 4.06. The molecule has 0 heterocycles. The van der Waals surface area contributed by atoms with Gasteiger partial charge in [-0.1, -0.05) is 79.9 Å². The van der Waals surface area contributed by atoms with Gasteiger partial charge in [-0.25, -0.2) is 0 Å². The van der Waals surface area contributed by atoms with Crippen molar-refractivity contribution in [3.8, 4) is 0 Å². The Labute approximate surface area is 128 Å². The molecule has 0 unspecified atom stereocenters. The second kappa shape index (κ2) is 6.44. The highest BCUT2D eigenvalue weighted by Crippen LogP contribution is 2.49. The first kappa shape index (κ1) is 14.3. The predicted octanol–water partition coefficient (Wildman–Crippen LogP) is 4.73. The summed E-state index contributed by atoms with van der Waals surface area (Å²) in [5, 5.41) is 0. The summed E-state index contributed by atoms with van der Waals surface area (Å²) in [5.74, 6) is 0.421. The molecular weight excluding hydrogens is 254 g/mol. The molecule has 2 N–H and O–H groups in total. The van der Waals surface area contributed by atoms with Crippen molar-refractivity contribution in [3.05, 3.63) is 71.8 Å². The van der Waals surface area contributed by atoms with Gasteiger partial charge in [-0.2, -0.15) is 0 Å². The third-order valence-electron chi connectivity index (χ3n) is 5.13. The lowest BCUT2D eigenvalue weighted by Crippen LogP contribution is -2.39. The van der Waals surface area contributed by atoms with Gasteiger partial charge >= 0.3 is 0 Å². The molecule has 0 aliphatic heterocycles. The molecule has 21 heavy (non-hydrogen) atoms. The second-order valence-electron chi connectivity index (χ2n) is 6.38. The van der Waals surface area contributed by atoms with Crippen molar-refractivity contribution in [2.45, 2.75) is 38.0 Å².